The first-order valence-electron chi connectivity index (χ1n) is 5.91. The summed E-state index contributed by atoms with van der Waals surface area (Å²) in [6.45, 7) is 0. The Morgan fingerprint density at radius 2 is 2.00 bits per heavy atom. The van der Waals surface area contributed by atoms with Crippen molar-refractivity contribution in [3.63, 3.8) is 0 Å². The Hall–Kier alpha value is -2.76. The fraction of sp³-hybridized carbons (Fsp3) is 0.0714. The van der Waals surface area contributed by atoms with Crippen LogP contribution in [0.4, 0.5) is 10.1 Å². The number of hydrogen-bond donors (Lipinski definition) is 1. The SMILES string of the molecule is N=C1OC(c2cccnc2)N(c2ccc(F)cc2)C1=O. The first-order chi connectivity index (χ1) is 9.66. The Kier molecular flexibility index (Phi) is 2.90. The predicted molar refractivity (Wildman–Crippen MR) is 69.7 cm³/mol. The van der Waals surface area contributed by atoms with E-state index in [9.17, 15) is 9.18 Å². The van der Waals surface area contributed by atoms with Crippen molar-refractivity contribution < 1.29 is 13.9 Å². The van der Waals surface area contributed by atoms with E-state index >= 15 is 0 Å². The van der Waals surface area contributed by atoms with Crippen molar-refractivity contribution in [3.8, 4) is 0 Å². The second kappa shape index (κ2) is 4.73. The van der Waals surface area contributed by atoms with Gasteiger partial charge >= 0.3 is 5.91 Å². The highest BCUT2D eigenvalue weighted by molar-refractivity contribution is 6.41. The van der Waals surface area contributed by atoms with E-state index in [1.54, 1.807) is 24.5 Å². The number of aromatic nitrogens is 1. The van der Waals surface area contributed by atoms with Gasteiger partial charge in [0.05, 0.1) is 0 Å². The molecule has 2 aromatic rings. The number of hydrogen-bond acceptors (Lipinski definition) is 4. The highest BCUT2D eigenvalue weighted by atomic mass is 19.1. The Bertz CT molecular complexity index is 658. The molecule has 1 aliphatic heterocycles. The number of carbonyl (C=O) groups excluding carboxylic acids is 1. The van der Waals surface area contributed by atoms with E-state index in [0.717, 1.165) is 0 Å². The summed E-state index contributed by atoms with van der Waals surface area (Å²) >= 11 is 0. The number of rotatable bonds is 2. The Labute approximate surface area is 114 Å². The maximum atomic E-state index is 13.0. The molecule has 2 heterocycles. The Morgan fingerprint density at radius 1 is 1.25 bits per heavy atom. The van der Waals surface area contributed by atoms with Crippen LogP contribution in [0, 0.1) is 11.2 Å². The van der Waals surface area contributed by atoms with Gasteiger partial charge in [0.2, 0.25) is 6.23 Å². The molecule has 1 saturated heterocycles. The fourth-order valence-corrected chi connectivity index (χ4v) is 2.02. The van der Waals surface area contributed by atoms with E-state index in [0.29, 0.717) is 11.3 Å². The molecule has 1 unspecified atom stereocenters. The predicted octanol–water partition coefficient (Wildman–Crippen LogP) is 2.26. The van der Waals surface area contributed by atoms with Crippen molar-refractivity contribution in [2.45, 2.75) is 6.23 Å². The second-order valence-corrected chi connectivity index (χ2v) is 4.24. The summed E-state index contributed by atoms with van der Waals surface area (Å²) in [7, 11) is 0. The Morgan fingerprint density at radius 3 is 2.65 bits per heavy atom. The summed E-state index contributed by atoms with van der Waals surface area (Å²) in [6, 6.07) is 8.92. The molecule has 100 valence electrons. The van der Waals surface area contributed by atoms with E-state index < -0.39 is 23.9 Å². The monoisotopic (exact) mass is 271 g/mol. The molecule has 0 aliphatic carbocycles. The fourth-order valence-electron chi connectivity index (χ4n) is 2.02. The van der Waals surface area contributed by atoms with Crippen LogP contribution in [0.1, 0.15) is 11.8 Å². The lowest BCUT2D eigenvalue weighted by Gasteiger charge is -2.21. The van der Waals surface area contributed by atoms with Gasteiger partial charge in [0.15, 0.2) is 0 Å². The van der Waals surface area contributed by atoms with Crippen LogP contribution in [-0.4, -0.2) is 16.8 Å². The molecule has 0 saturated carbocycles. The molecule has 1 atom stereocenters. The highest BCUT2D eigenvalue weighted by Crippen LogP contribution is 2.33. The van der Waals surface area contributed by atoms with Gasteiger partial charge in [-0.15, -0.1) is 0 Å². The zero-order valence-corrected chi connectivity index (χ0v) is 10.3. The zero-order chi connectivity index (χ0) is 14.1. The molecule has 1 aromatic heterocycles. The molecule has 20 heavy (non-hydrogen) atoms. The van der Waals surface area contributed by atoms with Crippen molar-refractivity contribution in [1.29, 1.82) is 5.41 Å². The quantitative estimate of drug-likeness (QED) is 0.911. The van der Waals surface area contributed by atoms with Crippen molar-refractivity contribution in [2.75, 3.05) is 4.90 Å². The normalized spacial score (nSPS) is 18.2. The molecule has 0 bridgehead atoms. The van der Waals surface area contributed by atoms with Gasteiger partial charge in [-0.05, 0) is 30.3 Å². The molecule has 3 rings (SSSR count). The third-order valence-electron chi connectivity index (χ3n) is 2.95. The van der Waals surface area contributed by atoms with Gasteiger partial charge in [-0.3, -0.25) is 20.1 Å². The van der Waals surface area contributed by atoms with E-state index in [2.05, 4.69) is 4.98 Å². The Balaban J connectivity index is 2.03. The first kappa shape index (κ1) is 12.3. The topological polar surface area (TPSA) is 66.3 Å². The van der Waals surface area contributed by atoms with Crippen LogP contribution in [0.3, 0.4) is 0 Å². The van der Waals surface area contributed by atoms with Crippen molar-refractivity contribution >= 4 is 17.5 Å². The molecule has 1 aromatic carbocycles. The smallest absolute Gasteiger partial charge is 0.316 e. The van der Waals surface area contributed by atoms with Gasteiger partial charge in [0.25, 0.3) is 5.90 Å². The van der Waals surface area contributed by atoms with Crippen LogP contribution >= 0.6 is 0 Å². The van der Waals surface area contributed by atoms with Gasteiger partial charge in [0, 0.05) is 23.6 Å². The van der Waals surface area contributed by atoms with Gasteiger partial charge < -0.3 is 4.74 Å². The largest absolute Gasteiger partial charge is 0.445 e. The number of carbonyl (C=O) groups is 1. The molecule has 1 fully saturated rings. The maximum Gasteiger partial charge on any atom is 0.316 e. The van der Waals surface area contributed by atoms with Crippen LogP contribution in [0.15, 0.2) is 48.8 Å². The van der Waals surface area contributed by atoms with Crippen LogP contribution < -0.4 is 4.90 Å². The molecule has 1 N–H and O–H groups in total. The number of benzene rings is 1. The van der Waals surface area contributed by atoms with E-state index in [1.807, 2.05) is 0 Å². The summed E-state index contributed by atoms with van der Waals surface area (Å²) < 4.78 is 18.3. The average molecular weight is 271 g/mol. The highest BCUT2D eigenvalue weighted by Gasteiger charge is 2.39. The van der Waals surface area contributed by atoms with Crippen molar-refractivity contribution in [2.24, 2.45) is 0 Å². The minimum atomic E-state index is -0.755. The second-order valence-electron chi connectivity index (χ2n) is 4.24. The average Bonchev–Trinajstić information content (AvgIpc) is 2.77. The molecule has 6 heteroatoms. The lowest BCUT2D eigenvalue weighted by atomic mass is 10.2. The summed E-state index contributed by atoms with van der Waals surface area (Å²) in [4.78, 5) is 17.3. The van der Waals surface area contributed by atoms with Crippen LogP contribution in [0.25, 0.3) is 0 Å². The first-order valence-corrected chi connectivity index (χ1v) is 5.91. The lowest BCUT2D eigenvalue weighted by Crippen LogP contribution is -2.29. The minimum Gasteiger partial charge on any atom is -0.445 e. The standard InChI is InChI=1S/C14H10FN3O2/c15-10-3-5-11(6-4-10)18-13(19)12(16)20-14(18)9-2-1-7-17-8-9/h1-8,14,16H. The molecular formula is C14H10FN3O2. The number of anilines is 1. The summed E-state index contributed by atoms with van der Waals surface area (Å²) in [6.07, 6.45) is 2.41. The van der Waals surface area contributed by atoms with Crippen LogP contribution in [-0.2, 0) is 9.53 Å². The number of ether oxygens (including phenoxy) is 1. The van der Waals surface area contributed by atoms with Gasteiger partial charge in [-0.1, -0.05) is 6.07 Å². The van der Waals surface area contributed by atoms with Gasteiger partial charge in [0.1, 0.15) is 5.82 Å². The van der Waals surface area contributed by atoms with Crippen LogP contribution in [0.2, 0.25) is 0 Å². The number of nitrogens with one attached hydrogen (secondary N) is 1. The third kappa shape index (κ3) is 2.01. The molecule has 0 spiro atoms. The zero-order valence-electron chi connectivity index (χ0n) is 10.3. The van der Waals surface area contributed by atoms with Gasteiger partial charge in [-0.25, -0.2) is 4.39 Å². The third-order valence-corrected chi connectivity index (χ3v) is 2.95. The van der Waals surface area contributed by atoms with E-state index in [-0.39, 0.29) is 0 Å². The van der Waals surface area contributed by atoms with Crippen molar-refractivity contribution in [3.05, 3.63) is 60.2 Å². The van der Waals surface area contributed by atoms with Gasteiger partial charge in [-0.2, -0.15) is 0 Å². The number of pyridine rings is 1. The lowest BCUT2D eigenvalue weighted by molar-refractivity contribution is -0.112. The molecule has 0 radical (unpaired) electrons. The maximum absolute atomic E-state index is 13.0. The number of halogens is 1. The molecule has 1 amide bonds. The van der Waals surface area contributed by atoms with E-state index in [4.69, 9.17) is 10.1 Å². The minimum absolute atomic E-state index is 0.394. The molecule has 1 aliphatic rings. The number of amides is 1. The van der Waals surface area contributed by atoms with Crippen LogP contribution in [0.5, 0.6) is 0 Å². The summed E-state index contributed by atoms with van der Waals surface area (Å²) in [5, 5.41) is 7.55. The molecular weight excluding hydrogens is 261 g/mol. The molecule has 5 nitrogen and oxygen atoms in total. The van der Waals surface area contributed by atoms with E-state index in [1.165, 1.54) is 29.2 Å². The summed E-state index contributed by atoms with van der Waals surface area (Å²) in [5.41, 5.74) is 1.11. The summed E-state index contributed by atoms with van der Waals surface area (Å²) in [5.74, 6) is -1.40. The van der Waals surface area contributed by atoms with Crippen molar-refractivity contribution in [1.82, 2.24) is 4.98 Å². The number of nitrogens with zero attached hydrogens (tertiary/aromatic N) is 2.